The van der Waals surface area contributed by atoms with Crippen molar-refractivity contribution in [2.75, 3.05) is 6.54 Å². The number of carbonyl (C=O) groups is 1. The van der Waals surface area contributed by atoms with E-state index >= 15 is 0 Å². The number of nitrogens with one attached hydrogen (secondary N) is 2. The summed E-state index contributed by atoms with van der Waals surface area (Å²) in [6.45, 7) is 0.527. The highest BCUT2D eigenvalue weighted by Crippen LogP contribution is 2.26. The summed E-state index contributed by atoms with van der Waals surface area (Å²) >= 11 is 0. The minimum atomic E-state index is 0.0532. The zero-order chi connectivity index (χ0) is 13.5. The monoisotopic (exact) mass is 265 g/mol. The van der Waals surface area contributed by atoms with Crippen LogP contribution in [0.3, 0.4) is 0 Å². The lowest BCUT2D eigenvalue weighted by Crippen LogP contribution is -2.46. The van der Waals surface area contributed by atoms with Gasteiger partial charge in [-0.05, 0) is 18.8 Å². The normalized spacial score (nSPS) is 18.2. The first-order valence-electron chi connectivity index (χ1n) is 7.13. The van der Waals surface area contributed by atoms with Crippen molar-refractivity contribution in [1.82, 2.24) is 20.5 Å². The Morgan fingerprint density at radius 1 is 1.47 bits per heavy atom. The summed E-state index contributed by atoms with van der Waals surface area (Å²) in [7, 11) is 0. The summed E-state index contributed by atoms with van der Waals surface area (Å²) in [6, 6.07) is 0.127. The quantitative estimate of drug-likeness (QED) is 0.707. The molecule has 0 aliphatic heterocycles. The zero-order valence-electron chi connectivity index (χ0n) is 11.3. The van der Waals surface area contributed by atoms with Crippen molar-refractivity contribution in [3.8, 4) is 0 Å². The number of rotatable bonds is 6. The van der Waals surface area contributed by atoms with Crippen molar-refractivity contribution in [3.63, 3.8) is 0 Å². The van der Waals surface area contributed by atoms with E-state index in [1.807, 2.05) is 0 Å². The van der Waals surface area contributed by atoms with E-state index in [-0.39, 0.29) is 11.9 Å². The first kappa shape index (κ1) is 14.0. The van der Waals surface area contributed by atoms with Crippen LogP contribution in [0.5, 0.6) is 0 Å². The number of hydrogen-bond acceptors (Lipinski definition) is 4. The first-order chi connectivity index (χ1) is 9.29. The van der Waals surface area contributed by atoms with Crippen LogP contribution in [0.2, 0.25) is 0 Å². The van der Waals surface area contributed by atoms with Crippen molar-refractivity contribution in [3.05, 3.63) is 12.2 Å². The van der Waals surface area contributed by atoms with Gasteiger partial charge in [-0.2, -0.15) is 5.10 Å². The summed E-state index contributed by atoms with van der Waals surface area (Å²) < 4.78 is 0. The maximum atomic E-state index is 11.9. The third kappa shape index (κ3) is 4.31. The van der Waals surface area contributed by atoms with Gasteiger partial charge in [-0.15, -0.1) is 0 Å². The van der Waals surface area contributed by atoms with Gasteiger partial charge in [0, 0.05) is 25.4 Å². The minimum absolute atomic E-state index is 0.0532. The molecule has 1 aliphatic carbocycles. The van der Waals surface area contributed by atoms with E-state index in [1.54, 1.807) is 0 Å². The Balaban J connectivity index is 1.75. The highest BCUT2D eigenvalue weighted by Gasteiger charge is 2.23. The predicted octanol–water partition coefficient (Wildman–Crippen LogP) is 0.761. The number of amides is 1. The van der Waals surface area contributed by atoms with Crippen LogP contribution < -0.4 is 11.1 Å². The Kier molecular flexibility index (Phi) is 5.32. The van der Waals surface area contributed by atoms with Crippen molar-refractivity contribution in [1.29, 1.82) is 0 Å². The molecule has 1 aromatic heterocycles. The van der Waals surface area contributed by atoms with Crippen molar-refractivity contribution < 1.29 is 4.79 Å². The van der Waals surface area contributed by atoms with E-state index < -0.39 is 0 Å². The van der Waals surface area contributed by atoms with Gasteiger partial charge in [0.2, 0.25) is 5.91 Å². The largest absolute Gasteiger partial charge is 0.352 e. The minimum Gasteiger partial charge on any atom is -0.352 e. The fourth-order valence-electron chi connectivity index (χ4n) is 2.77. The topological polar surface area (TPSA) is 96.7 Å². The van der Waals surface area contributed by atoms with Crippen LogP contribution in [0.4, 0.5) is 0 Å². The Morgan fingerprint density at radius 3 is 2.89 bits per heavy atom. The smallest absolute Gasteiger partial charge is 0.220 e. The summed E-state index contributed by atoms with van der Waals surface area (Å²) in [5.41, 5.74) is 5.80. The van der Waals surface area contributed by atoms with Crippen LogP contribution in [0.25, 0.3) is 0 Å². The van der Waals surface area contributed by atoms with E-state index in [1.165, 1.54) is 38.4 Å². The molecule has 1 fully saturated rings. The maximum Gasteiger partial charge on any atom is 0.220 e. The number of H-pyrrole nitrogens is 1. The lowest BCUT2D eigenvalue weighted by Gasteiger charge is -2.30. The van der Waals surface area contributed by atoms with E-state index in [2.05, 4.69) is 20.5 Å². The van der Waals surface area contributed by atoms with E-state index in [0.29, 0.717) is 25.3 Å². The number of aryl methyl sites for hydroxylation is 1. The average molecular weight is 265 g/mol. The molecule has 1 aromatic rings. The highest BCUT2D eigenvalue weighted by molar-refractivity contribution is 5.76. The lowest BCUT2D eigenvalue weighted by atomic mass is 9.84. The molecule has 2 rings (SSSR count). The Labute approximate surface area is 113 Å². The molecule has 1 saturated carbocycles. The third-order valence-electron chi connectivity index (χ3n) is 3.87. The second-order valence-electron chi connectivity index (χ2n) is 5.24. The number of aromatic amines is 1. The second kappa shape index (κ2) is 7.23. The van der Waals surface area contributed by atoms with Crippen LogP contribution in [0, 0.1) is 5.92 Å². The van der Waals surface area contributed by atoms with Gasteiger partial charge in [-0.25, -0.2) is 4.98 Å². The number of carbonyl (C=O) groups excluding carboxylic acids is 1. The lowest BCUT2D eigenvalue weighted by molar-refractivity contribution is -0.122. The number of hydrogen-bond donors (Lipinski definition) is 3. The molecule has 6 nitrogen and oxygen atoms in total. The Morgan fingerprint density at radius 2 is 2.26 bits per heavy atom. The molecule has 4 N–H and O–H groups in total. The fraction of sp³-hybridized carbons (Fsp3) is 0.769. The van der Waals surface area contributed by atoms with Crippen LogP contribution in [-0.2, 0) is 11.2 Å². The summed E-state index contributed by atoms with van der Waals surface area (Å²) in [6.07, 6.45) is 8.68. The average Bonchev–Trinajstić information content (AvgIpc) is 2.97. The van der Waals surface area contributed by atoms with Gasteiger partial charge in [-0.1, -0.05) is 19.3 Å². The summed E-state index contributed by atoms with van der Waals surface area (Å²) in [5, 5.41) is 9.59. The summed E-state index contributed by atoms with van der Waals surface area (Å²) in [5.74, 6) is 1.35. The molecule has 19 heavy (non-hydrogen) atoms. The molecule has 0 spiro atoms. The predicted molar refractivity (Wildman–Crippen MR) is 72.3 cm³/mol. The Bertz CT molecular complexity index is 372. The standard InChI is InChI=1S/C13H23N5O/c14-8-11(10-4-2-1-3-5-10)17-13(19)7-6-12-15-9-16-18-12/h9-11H,1-8,14H2,(H,17,19)(H,15,16,18). The van der Waals surface area contributed by atoms with Gasteiger partial charge in [0.05, 0.1) is 0 Å². The molecule has 1 amide bonds. The third-order valence-corrected chi connectivity index (χ3v) is 3.87. The SMILES string of the molecule is NCC(NC(=O)CCc1ncn[nH]1)C1CCCCC1. The Hall–Kier alpha value is -1.43. The van der Waals surface area contributed by atoms with Crippen molar-refractivity contribution >= 4 is 5.91 Å². The second-order valence-corrected chi connectivity index (χ2v) is 5.24. The van der Waals surface area contributed by atoms with Gasteiger partial charge in [0.25, 0.3) is 0 Å². The van der Waals surface area contributed by atoms with Gasteiger partial charge in [0.1, 0.15) is 12.2 Å². The van der Waals surface area contributed by atoms with Gasteiger partial charge in [0.15, 0.2) is 0 Å². The van der Waals surface area contributed by atoms with Crippen LogP contribution in [0.1, 0.15) is 44.3 Å². The molecular formula is C13H23N5O. The zero-order valence-corrected chi connectivity index (χ0v) is 11.3. The van der Waals surface area contributed by atoms with E-state index in [9.17, 15) is 4.79 Å². The molecule has 0 radical (unpaired) electrons. The fourth-order valence-corrected chi connectivity index (χ4v) is 2.77. The molecule has 1 unspecified atom stereocenters. The van der Waals surface area contributed by atoms with Crippen molar-refractivity contribution in [2.24, 2.45) is 11.7 Å². The van der Waals surface area contributed by atoms with Gasteiger partial charge >= 0.3 is 0 Å². The molecule has 0 aromatic carbocycles. The van der Waals surface area contributed by atoms with Crippen LogP contribution >= 0.6 is 0 Å². The number of aromatic nitrogens is 3. The molecule has 1 heterocycles. The summed E-state index contributed by atoms with van der Waals surface area (Å²) in [4.78, 5) is 15.9. The first-order valence-corrected chi connectivity index (χ1v) is 7.13. The number of nitrogens with zero attached hydrogens (tertiary/aromatic N) is 2. The highest BCUT2D eigenvalue weighted by atomic mass is 16.1. The molecule has 6 heteroatoms. The van der Waals surface area contributed by atoms with Crippen LogP contribution in [-0.4, -0.2) is 33.7 Å². The van der Waals surface area contributed by atoms with E-state index in [0.717, 1.165) is 5.82 Å². The molecule has 106 valence electrons. The van der Waals surface area contributed by atoms with Crippen LogP contribution in [0.15, 0.2) is 6.33 Å². The maximum absolute atomic E-state index is 11.9. The van der Waals surface area contributed by atoms with Gasteiger partial charge in [-0.3, -0.25) is 9.89 Å². The molecule has 1 atom stereocenters. The van der Waals surface area contributed by atoms with E-state index in [4.69, 9.17) is 5.73 Å². The molecule has 0 bridgehead atoms. The van der Waals surface area contributed by atoms with Gasteiger partial charge < -0.3 is 11.1 Å². The molecule has 0 saturated heterocycles. The molecular weight excluding hydrogens is 242 g/mol. The van der Waals surface area contributed by atoms with Crippen molar-refractivity contribution in [2.45, 2.75) is 51.0 Å². The molecule has 1 aliphatic rings. The number of nitrogens with two attached hydrogens (primary N) is 1.